The van der Waals surface area contributed by atoms with Gasteiger partial charge in [0, 0.05) is 0 Å². The van der Waals surface area contributed by atoms with Crippen molar-refractivity contribution >= 4 is 0 Å². The van der Waals surface area contributed by atoms with Gasteiger partial charge < -0.3 is 0 Å². The van der Waals surface area contributed by atoms with Gasteiger partial charge in [-0.3, -0.25) is 0 Å². The Kier molecular flexibility index (Phi) is 8.60. The second kappa shape index (κ2) is 10.4. The molecule has 0 nitrogen and oxygen atoms in total. The van der Waals surface area contributed by atoms with Crippen LogP contribution in [0.5, 0.6) is 0 Å². The number of hydrogen-bond donors (Lipinski definition) is 0. The van der Waals surface area contributed by atoms with Crippen LogP contribution in [-0.4, -0.2) is 0 Å². The number of benzene rings is 2. The molecule has 0 radical (unpaired) electrons. The van der Waals surface area contributed by atoms with E-state index in [1.54, 1.807) is 33.4 Å². The molecule has 0 heteroatoms. The first-order valence-corrected chi connectivity index (χ1v) is 12.8. The van der Waals surface area contributed by atoms with Crippen LogP contribution in [0.15, 0.2) is 24.3 Å². The van der Waals surface area contributed by atoms with Gasteiger partial charge in [-0.25, -0.2) is 0 Å². The lowest BCUT2D eigenvalue weighted by Gasteiger charge is -2.28. The van der Waals surface area contributed by atoms with Crippen molar-refractivity contribution in [3.8, 4) is 0 Å². The van der Waals surface area contributed by atoms with E-state index < -0.39 is 0 Å². The zero-order valence-corrected chi connectivity index (χ0v) is 22.3. The van der Waals surface area contributed by atoms with Gasteiger partial charge in [0.05, 0.1) is 0 Å². The van der Waals surface area contributed by atoms with Crippen LogP contribution in [0.3, 0.4) is 0 Å². The standard InChI is InChI=1S/C31H48/c1-11-22-20-28(30(6,7)8)24(13-3)18-26(22)16-17-27-19-25(14-4)29(21-23(27)12-2)31(9,10)15-5/h18-21H,11-17H2,1-10H3. The molecule has 0 saturated carbocycles. The van der Waals surface area contributed by atoms with Gasteiger partial charge in [0.1, 0.15) is 0 Å². The largest absolute Gasteiger partial charge is 0.0646 e. The molecule has 0 fully saturated rings. The highest BCUT2D eigenvalue weighted by Gasteiger charge is 2.23. The Morgan fingerprint density at radius 3 is 1.23 bits per heavy atom. The topological polar surface area (TPSA) is 0 Å². The van der Waals surface area contributed by atoms with Gasteiger partial charge in [0.2, 0.25) is 0 Å². The second-order valence-corrected chi connectivity index (χ2v) is 11.0. The summed E-state index contributed by atoms with van der Waals surface area (Å²) in [5, 5.41) is 0. The van der Waals surface area contributed by atoms with Gasteiger partial charge in [0.25, 0.3) is 0 Å². The minimum atomic E-state index is 0.209. The normalized spacial score (nSPS) is 12.5. The summed E-state index contributed by atoms with van der Waals surface area (Å²) in [5.74, 6) is 0. The summed E-state index contributed by atoms with van der Waals surface area (Å²) < 4.78 is 0. The van der Waals surface area contributed by atoms with Crippen molar-refractivity contribution in [2.75, 3.05) is 0 Å². The smallest absolute Gasteiger partial charge is 0.0103 e. The number of aryl methyl sites for hydroxylation is 6. The van der Waals surface area contributed by atoms with Crippen molar-refractivity contribution < 1.29 is 0 Å². The molecule has 2 rings (SSSR count). The predicted molar refractivity (Wildman–Crippen MR) is 140 cm³/mol. The lowest BCUT2D eigenvalue weighted by Crippen LogP contribution is -2.19. The molecule has 31 heavy (non-hydrogen) atoms. The second-order valence-electron chi connectivity index (χ2n) is 11.0. The third-order valence-electron chi connectivity index (χ3n) is 7.46. The molecule has 0 spiro atoms. The van der Waals surface area contributed by atoms with Crippen molar-refractivity contribution in [2.24, 2.45) is 0 Å². The summed E-state index contributed by atoms with van der Waals surface area (Å²) >= 11 is 0. The fourth-order valence-corrected chi connectivity index (χ4v) is 4.98. The van der Waals surface area contributed by atoms with Crippen LogP contribution in [-0.2, 0) is 49.4 Å². The lowest BCUT2D eigenvalue weighted by atomic mass is 9.76. The Labute approximate surface area is 193 Å². The van der Waals surface area contributed by atoms with Gasteiger partial charge in [-0.1, -0.05) is 93.5 Å². The first-order valence-electron chi connectivity index (χ1n) is 12.8. The molecule has 0 aromatic heterocycles. The minimum Gasteiger partial charge on any atom is -0.0646 e. The monoisotopic (exact) mass is 420 g/mol. The summed E-state index contributed by atoms with van der Waals surface area (Å²) in [4.78, 5) is 0. The molecule has 0 aliphatic carbocycles. The molecule has 0 unspecified atom stereocenters. The fourth-order valence-electron chi connectivity index (χ4n) is 4.98. The van der Waals surface area contributed by atoms with Crippen molar-refractivity contribution in [1.82, 2.24) is 0 Å². The van der Waals surface area contributed by atoms with Gasteiger partial charge in [0.15, 0.2) is 0 Å². The molecule has 2 aromatic carbocycles. The van der Waals surface area contributed by atoms with Crippen LogP contribution in [0, 0.1) is 0 Å². The maximum absolute atomic E-state index is 2.54. The van der Waals surface area contributed by atoms with Crippen molar-refractivity contribution in [3.63, 3.8) is 0 Å². The van der Waals surface area contributed by atoms with Crippen LogP contribution in [0.1, 0.15) is 120 Å². The maximum Gasteiger partial charge on any atom is -0.0103 e. The SMILES string of the molecule is CCc1cc(C(C)(C)C)c(CC)cc1CCc1cc(CC)c(C(C)(C)CC)cc1CC. The molecule has 0 aliphatic rings. The first kappa shape index (κ1) is 25.7. The van der Waals surface area contributed by atoms with Crippen LogP contribution >= 0.6 is 0 Å². The van der Waals surface area contributed by atoms with E-state index >= 15 is 0 Å². The van der Waals surface area contributed by atoms with Crippen LogP contribution in [0.4, 0.5) is 0 Å². The molecule has 0 aliphatic heterocycles. The van der Waals surface area contributed by atoms with Crippen LogP contribution in [0.2, 0.25) is 0 Å². The molecule has 0 atom stereocenters. The quantitative estimate of drug-likeness (QED) is 0.380. The molecular weight excluding hydrogens is 372 g/mol. The third-order valence-corrected chi connectivity index (χ3v) is 7.46. The lowest BCUT2D eigenvalue weighted by molar-refractivity contribution is 0.500. The Morgan fingerprint density at radius 2 is 0.871 bits per heavy atom. The Hall–Kier alpha value is -1.56. The van der Waals surface area contributed by atoms with E-state index in [0.29, 0.717) is 0 Å². The highest BCUT2D eigenvalue weighted by molar-refractivity contribution is 5.45. The van der Waals surface area contributed by atoms with E-state index in [1.165, 1.54) is 17.5 Å². The number of hydrogen-bond acceptors (Lipinski definition) is 0. The molecule has 0 heterocycles. The average molecular weight is 421 g/mol. The van der Waals surface area contributed by atoms with E-state index in [1.807, 2.05) is 0 Å². The fraction of sp³-hybridized carbons (Fsp3) is 0.613. The van der Waals surface area contributed by atoms with Crippen molar-refractivity contribution in [3.05, 3.63) is 68.8 Å². The predicted octanol–water partition coefficient (Wildman–Crippen LogP) is 8.71. The molecule has 0 bridgehead atoms. The van der Waals surface area contributed by atoms with Gasteiger partial charge >= 0.3 is 0 Å². The Balaban J connectivity index is 2.44. The van der Waals surface area contributed by atoms with Crippen LogP contribution < -0.4 is 0 Å². The maximum atomic E-state index is 2.54. The molecule has 172 valence electrons. The molecule has 0 saturated heterocycles. The summed E-state index contributed by atoms with van der Waals surface area (Å²) in [6.45, 7) is 23.4. The Morgan fingerprint density at radius 1 is 0.484 bits per heavy atom. The highest BCUT2D eigenvalue weighted by Crippen LogP contribution is 2.34. The van der Waals surface area contributed by atoms with E-state index in [-0.39, 0.29) is 10.8 Å². The van der Waals surface area contributed by atoms with Gasteiger partial charge in [-0.05, 0) is 100 Å². The molecule has 0 amide bonds. The Bertz CT molecular complexity index is 874. The summed E-state index contributed by atoms with van der Waals surface area (Å²) in [6, 6.07) is 10.1. The van der Waals surface area contributed by atoms with Crippen molar-refractivity contribution in [2.45, 2.75) is 125 Å². The van der Waals surface area contributed by atoms with Crippen molar-refractivity contribution in [1.29, 1.82) is 0 Å². The zero-order chi connectivity index (χ0) is 23.4. The van der Waals surface area contributed by atoms with Crippen LogP contribution in [0.25, 0.3) is 0 Å². The van der Waals surface area contributed by atoms with E-state index in [4.69, 9.17) is 0 Å². The number of rotatable bonds is 9. The highest BCUT2D eigenvalue weighted by atomic mass is 14.3. The molecule has 0 N–H and O–H groups in total. The van der Waals surface area contributed by atoms with E-state index in [9.17, 15) is 0 Å². The van der Waals surface area contributed by atoms with E-state index in [2.05, 4.69) is 93.5 Å². The average Bonchev–Trinajstić information content (AvgIpc) is 2.75. The summed E-state index contributed by atoms with van der Waals surface area (Å²) in [7, 11) is 0. The first-order chi connectivity index (χ1) is 14.5. The summed E-state index contributed by atoms with van der Waals surface area (Å²) in [5.41, 5.74) is 12.9. The molecule has 2 aromatic rings. The molecular formula is C31H48. The minimum absolute atomic E-state index is 0.209. The third kappa shape index (κ3) is 5.82. The van der Waals surface area contributed by atoms with Gasteiger partial charge in [-0.15, -0.1) is 0 Å². The zero-order valence-electron chi connectivity index (χ0n) is 22.3. The van der Waals surface area contributed by atoms with E-state index in [0.717, 1.165) is 38.5 Å². The summed E-state index contributed by atoms with van der Waals surface area (Å²) in [6.07, 6.45) is 7.95. The van der Waals surface area contributed by atoms with Gasteiger partial charge in [-0.2, -0.15) is 0 Å².